The van der Waals surface area contributed by atoms with Gasteiger partial charge in [0, 0.05) is 51.9 Å². The average Bonchev–Trinajstić information content (AvgIpc) is 2.78. The molecule has 6 heteroatoms. The SMILES string of the molecule is CN=C(NCc1ccc(C(=O)NC)cc1)NC1CCN(Cc2ccccc2)CC1. The minimum Gasteiger partial charge on any atom is -0.355 e. The van der Waals surface area contributed by atoms with Crippen LogP contribution >= 0.6 is 0 Å². The van der Waals surface area contributed by atoms with Gasteiger partial charge < -0.3 is 16.0 Å². The van der Waals surface area contributed by atoms with E-state index in [1.54, 1.807) is 14.1 Å². The predicted octanol–water partition coefficient (Wildman–Crippen LogP) is 2.38. The number of nitrogens with one attached hydrogen (secondary N) is 3. The smallest absolute Gasteiger partial charge is 0.251 e. The first-order chi connectivity index (χ1) is 14.2. The number of carbonyl (C=O) groups is 1. The zero-order valence-electron chi connectivity index (χ0n) is 17.3. The highest BCUT2D eigenvalue weighted by atomic mass is 16.1. The van der Waals surface area contributed by atoms with Crippen molar-refractivity contribution in [1.29, 1.82) is 0 Å². The maximum absolute atomic E-state index is 11.6. The van der Waals surface area contributed by atoms with Crippen LogP contribution in [0.25, 0.3) is 0 Å². The van der Waals surface area contributed by atoms with E-state index in [0.717, 1.165) is 44.0 Å². The van der Waals surface area contributed by atoms with Crippen LogP contribution in [0.2, 0.25) is 0 Å². The van der Waals surface area contributed by atoms with Crippen molar-refractivity contribution in [2.45, 2.75) is 32.0 Å². The van der Waals surface area contributed by atoms with Gasteiger partial charge in [0.2, 0.25) is 0 Å². The second kappa shape index (κ2) is 10.6. The number of aliphatic imine (C=N–C) groups is 1. The van der Waals surface area contributed by atoms with Crippen LogP contribution in [-0.4, -0.2) is 50.0 Å². The Morgan fingerprint density at radius 2 is 1.72 bits per heavy atom. The molecule has 0 atom stereocenters. The van der Waals surface area contributed by atoms with Gasteiger partial charge in [-0.05, 0) is 36.1 Å². The molecule has 2 aromatic carbocycles. The van der Waals surface area contributed by atoms with Crippen LogP contribution in [-0.2, 0) is 13.1 Å². The first-order valence-corrected chi connectivity index (χ1v) is 10.2. The molecule has 0 bridgehead atoms. The van der Waals surface area contributed by atoms with E-state index in [1.165, 1.54) is 5.56 Å². The summed E-state index contributed by atoms with van der Waals surface area (Å²) in [4.78, 5) is 18.5. The van der Waals surface area contributed by atoms with Gasteiger partial charge in [0.05, 0.1) is 0 Å². The summed E-state index contributed by atoms with van der Waals surface area (Å²) in [6.07, 6.45) is 2.21. The summed E-state index contributed by atoms with van der Waals surface area (Å²) in [6, 6.07) is 18.7. The van der Waals surface area contributed by atoms with Crippen molar-refractivity contribution >= 4 is 11.9 Å². The topological polar surface area (TPSA) is 68.8 Å². The molecular formula is C23H31N5O. The van der Waals surface area contributed by atoms with Gasteiger partial charge in [-0.2, -0.15) is 0 Å². The molecule has 1 aliphatic rings. The van der Waals surface area contributed by atoms with Crippen LogP contribution < -0.4 is 16.0 Å². The van der Waals surface area contributed by atoms with Crippen molar-refractivity contribution in [3.05, 3.63) is 71.3 Å². The average molecular weight is 394 g/mol. The number of hydrogen-bond acceptors (Lipinski definition) is 3. The van der Waals surface area contributed by atoms with Gasteiger partial charge in [-0.25, -0.2) is 0 Å². The first-order valence-electron chi connectivity index (χ1n) is 10.2. The number of amides is 1. The lowest BCUT2D eigenvalue weighted by Crippen LogP contribution is -2.48. The molecular weight excluding hydrogens is 362 g/mol. The summed E-state index contributed by atoms with van der Waals surface area (Å²) >= 11 is 0. The summed E-state index contributed by atoms with van der Waals surface area (Å²) in [5.41, 5.74) is 3.15. The molecule has 0 spiro atoms. The number of guanidine groups is 1. The van der Waals surface area contributed by atoms with Gasteiger partial charge in [0.1, 0.15) is 0 Å². The van der Waals surface area contributed by atoms with E-state index in [0.29, 0.717) is 18.2 Å². The minimum absolute atomic E-state index is 0.0689. The van der Waals surface area contributed by atoms with Crippen LogP contribution in [0.1, 0.15) is 34.3 Å². The third-order valence-electron chi connectivity index (χ3n) is 5.30. The van der Waals surface area contributed by atoms with E-state index in [1.807, 2.05) is 24.3 Å². The quantitative estimate of drug-likeness (QED) is 0.521. The molecule has 0 unspecified atom stereocenters. The van der Waals surface area contributed by atoms with E-state index >= 15 is 0 Å². The summed E-state index contributed by atoms with van der Waals surface area (Å²) in [5, 5.41) is 9.55. The predicted molar refractivity (Wildman–Crippen MR) is 118 cm³/mol. The van der Waals surface area contributed by atoms with Crippen LogP contribution in [0.5, 0.6) is 0 Å². The zero-order chi connectivity index (χ0) is 20.5. The Kier molecular flexibility index (Phi) is 7.64. The Labute approximate surface area is 173 Å². The minimum atomic E-state index is -0.0689. The Morgan fingerprint density at radius 1 is 1.03 bits per heavy atom. The van der Waals surface area contributed by atoms with Crippen molar-refractivity contribution < 1.29 is 4.79 Å². The molecule has 6 nitrogen and oxygen atoms in total. The molecule has 0 radical (unpaired) electrons. The second-order valence-electron chi connectivity index (χ2n) is 7.38. The fourth-order valence-corrected chi connectivity index (χ4v) is 3.57. The number of likely N-dealkylation sites (tertiary alicyclic amines) is 1. The maximum Gasteiger partial charge on any atom is 0.251 e. The molecule has 0 saturated carbocycles. The maximum atomic E-state index is 11.6. The highest BCUT2D eigenvalue weighted by molar-refractivity contribution is 5.93. The summed E-state index contributed by atoms with van der Waals surface area (Å²) < 4.78 is 0. The van der Waals surface area contributed by atoms with Crippen molar-refractivity contribution in [2.24, 2.45) is 4.99 Å². The molecule has 29 heavy (non-hydrogen) atoms. The fraction of sp³-hybridized carbons (Fsp3) is 0.391. The van der Waals surface area contributed by atoms with Gasteiger partial charge in [-0.3, -0.25) is 14.7 Å². The zero-order valence-corrected chi connectivity index (χ0v) is 17.3. The van der Waals surface area contributed by atoms with E-state index in [-0.39, 0.29) is 5.91 Å². The van der Waals surface area contributed by atoms with Crippen molar-refractivity contribution in [3.8, 4) is 0 Å². The number of nitrogens with zero attached hydrogens (tertiary/aromatic N) is 2. The molecule has 1 fully saturated rings. The lowest BCUT2D eigenvalue weighted by Gasteiger charge is -2.33. The lowest BCUT2D eigenvalue weighted by molar-refractivity contribution is 0.0963. The number of carbonyl (C=O) groups excluding carboxylic acids is 1. The Hall–Kier alpha value is -2.86. The molecule has 3 N–H and O–H groups in total. The Bertz CT molecular complexity index is 796. The summed E-state index contributed by atoms with van der Waals surface area (Å²) in [6.45, 7) is 3.86. The van der Waals surface area contributed by atoms with Gasteiger partial charge in [-0.15, -0.1) is 0 Å². The van der Waals surface area contributed by atoms with Crippen LogP contribution in [0.15, 0.2) is 59.6 Å². The number of piperidine rings is 1. The molecule has 1 heterocycles. The second-order valence-corrected chi connectivity index (χ2v) is 7.38. The highest BCUT2D eigenvalue weighted by Crippen LogP contribution is 2.14. The molecule has 1 aliphatic heterocycles. The molecule has 1 saturated heterocycles. The number of hydrogen-bond donors (Lipinski definition) is 3. The highest BCUT2D eigenvalue weighted by Gasteiger charge is 2.20. The normalized spacial score (nSPS) is 15.7. The molecule has 0 aliphatic carbocycles. The number of rotatable bonds is 6. The third-order valence-corrected chi connectivity index (χ3v) is 5.30. The van der Waals surface area contributed by atoms with Gasteiger partial charge >= 0.3 is 0 Å². The summed E-state index contributed by atoms with van der Waals surface area (Å²) in [7, 11) is 3.44. The van der Waals surface area contributed by atoms with Crippen LogP contribution in [0.3, 0.4) is 0 Å². The van der Waals surface area contributed by atoms with E-state index in [9.17, 15) is 4.79 Å². The number of benzene rings is 2. The fourth-order valence-electron chi connectivity index (χ4n) is 3.57. The van der Waals surface area contributed by atoms with Gasteiger partial charge in [0.25, 0.3) is 5.91 Å². The molecule has 0 aromatic heterocycles. The third kappa shape index (κ3) is 6.32. The van der Waals surface area contributed by atoms with E-state index in [4.69, 9.17) is 0 Å². The molecule has 2 aromatic rings. The molecule has 1 amide bonds. The van der Waals surface area contributed by atoms with E-state index in [2.05, 4.69) is 56.2 Å². The van der Waals surface area contributed by atoms with Crippen molar-refractivity contribution in [1.82, 2.24) is 20.9 Å². The van der Waals surface area contributed by atoms with Crippen LogP contribution in [0, 0.1) is 0 Å². The summed E-state index contributed by atoms with van der Waals surface area (Å²) in [5.74, 6) is 0.752. The monoisotopic (exact) mass is 393 g/mol. The van der Waals surface area contributed by atoms with Crippen LogP contribution in [0.4, 0.5) is 0 Å². The van der Waals surface area contributed by atoms with Crippen molar-refractivity contribution in [3.63, 3.8) is 0 Å². The van der Waals surface area contributed by atoms with Crippen molar-refractivity contribution in [2.75, 3.05) is 27.2 Å². The van der Waals surface area contributed by atoms with Gasteiger partial charge in [0.15, 0.2) is 5.96 Å². The Morgan fingerprint density at radius 3 is 2.34 bits per heavy atom. The lowest BCUT2D eigenvalue weighted by atomic mass is 10.0. The largest absolute Gasteiger partial charge is 0.355 e. The standard InChI is InChI=1S/C23H31N5O/c1-24-22(29)20-10-8-18(9-11-20)16-26-23(25-2)27-21-12-14-28(15-13-21)17-19-6-4-3-5-7-19/h3-11,21H,12-17H2,1-2H3,(H,24,29)(H2,25,26,27). The van der Waals surface area contributed by atoms with E-state index < -0.39 is 0 Å². The van der Waals surface area contributed by atoms with Gasteiger partial charge in [-0.1, -0.05) is 42.5 Å². The molecule has 154 valence electrons. The first kappa shape index (κ1) is 20.9. The molecule has 3 rings (SSSR count). The Balaban J connectivity index is 1.42.